The van der Waals surface area contributed by atoms with Gasteiger partial charge in [-0.2, -0.15) is 0 Å². The minimum atomic E-state index is -0.253. The Labute approximate surface area is 194 Å². The van der Waals surface area contributed by atoms with Gasteiger partial charge in [-0.05, 0) is 63.6 Å². The Morgan fingerprint density at radius 3 is 2.47 bits per heavy atom. The van der Waals surface area contributed by atoms with Crippen molar-refractivity contribution in [3.63, 3.8) is 0 Å². The molecule has 0 saturated heterocycles. The van der Waals surface area contributed by atoms with Gasteiger partial charge in [0.2, 0.25) is 0 Å². The molecule has 0 aliphatic heterocycles. The van der Waals surface area contributed by atoms with Crippen molar-refractivity contribution in [2.75, 3.05) is 26.2 Å². The summed E-state index contributed by atoms with van der Waals surface area (Å²) in [5, 5.41) is 3.43. The minimum Gasteiger partial charge on any atom is -0.445 e. The van der Waals surface area contributed by atoms with Crippen molar-refractivity contribution in [2.24, 2.45) is 0 Å². The number of unbranched alkanes of at least 4 members (excludes halogenated alkanes) is 3. The molecular weight excluding hydrogens is 400 g/mol. The Kier molecular flexibility index (Phi) is 13.5. The molecule has 178 valence electrons. The molecule has 1 saturated carbocycles. The lowest BCUT2D eigenvalue weighted by molar-refractivity contribution is 0.00495. The highest BCUT2D eigenvalue weighted by Gasteiger charge is 2.29. The van der Waals surface area contributed by atoms with Crippen molar-refractivity contribution in [2.45, 2.75) is 76.5 Å². The van der Waals surface area contributed by atoms with Crippen LogP contribution in [0.2, 0.25) is 0 Å². The molecule has 1 aliphatic carbocycles. The summed E-state index contributed by atoms with van der Waals surface area (Å²) in [6, 6.07) is 10.00. The molecule has 0 atom stereocenters. The molecule has 1 fully saturated rings. The SMILES string of the molecule is C=CCCNCCCCCCOC1CCC(N(CC=C)C(=O)OCc2ccccc2)CC1. The maximum atomic E-state index is 12.7. The first-order valence-electron chi connectivity index (χ1n) is 12.3. The molecule has 0 radical (unpaired) electrons. The van der Waals surface area contributed by atoms with Gasteiger partial charge in [0.1, 0.15) is 6.61 Å². The van der Waals surface area contributed by atoms with Crippen molar-refractivity contribution in [3.8, 4) is 0 Å². The quantitative estimate of drug-likeness (QED) is 0.257. The van der Waals surface area contributed by atoms with E-state index in [-0.39, 0.29) is 12.1 Å². The predicted octanol–water partition coefficient (Wildman–Crippen LogP) is 5.87. The molecule has 1 aliphatic rings. The van der Waals surface area contributed by atoms with E-state index in [1.807, 2.05) is 41.3 Å². The molecule has 0 aromatic heterocycles. The van der Waals surface area contributed by atoms with Crippen molar-refractivity contribution < 1.29 is 14.3 Å². The van der Waals surface area contributed by atoms with Gasteiger partial charge in [0.05, 0.1) is 6.10 Å². The third-order valence-corrected chi connectivity index (χ3v) is 5.98. The number of amides is 1. The van der Waals surface area contributed by atoms with Crippen LogP contribution >= 0.6 is 0 Å². The smallest absolute Gasteiger partial charge is 0.410 e. The van der Waals surface area contributed by atoms with Gasteiger partial charge in [-0.25, -0.2) is 4.79 Å². The Morgan fingerprint density at radius 2 is 1.75 bits per heavy atom. The van der Waals surface area contributed by atoms with E-state index in [0.717, 1.165) is 63.8 Å². The van der Waals surface area contributed by atoms with Crippen LogP contribution in [0.5, 0.6) is 0 Å². The second-order valence-corrected chi connectivity index (χ2v) is 8.52. The van der Waals surface area contributed by atoms with E-state index in [1.165, 1.54) is 19.3 Å². The van der Waals surface area contributed by atoms with Crippen LogP contribution in [0, 0.1) is 0 Å². The summed E-state index contributed by atoms with van der Waals surface area (Å²) in [5.74, 6) is 0. The topological polar surface area (TPSA) is 50.8 Å². The normalized spacial score (nSPS) is 18.1. The monoisotopic (exact) mass is 442 g/mol. The van der Waals surface area contributed by atoms with Crippen LogP contribution in [0.4, 0.5) is 4.79 Å². The highest BCUT2D eigenvalue weighted by Crippen LogP contribution is 2.26. The fraction of sp³-hybridized carbons (Fsp3) is 0.593. The first kappa shape index (κ1) is 26.1. The average molecular weight is 443 g/mol. The van der Waals surface area contributed by atoms with Gasteiger partial charge in [0, 0.05) is 19.2 Å². The van der Waals surface area contributed by atoms with Crippen LogP contribution in [0.25, 0.3) is 0 Å². The number of hydrogen-bond donors (Lipinski definition) is 1. The van der Waals surface area contributed by atoms with Crippen molar-refractivity contribution in [1.82, 2.24) is 10.2 Å². The molecule has 0 heterocycles. The zero-order valence-electron chi connectivity index (χ0n) is 19.7. The van der Waals surface area contributed by atoms with E-state index in [4.69, 9.17) is 9.47 Å². The van der Waals surface area contributed by atoms with Gasteiger partial charge in [-0.1, -0.05) is 55.3 Å². The zero-order chi connectivity index (χ0) is 22.9. The summed E-state index contributed by atoms with van der Waals surface area (Å²) in [4.78, 5) is 14.5. The average Bonchev–Trinajstić information content (AvgIpc) is 2.83. The molecule has 0 spiro atoms. The Morgan fingerprint density at radius 1 is 1.00 bits per heavy atom. The summed E-state index contributed by atoms with van der Waals surface area (Å²) in [6.07, 6.45) is 13.6. The molecular formula is C27H42N2O3. The highest BCUT2D eigenvalue weighted by molar-refractivity contribution is 5.68. The van der Waals surface area contributed by atoms with Crippen molar-refractivity contribution >= 4 is 6.09 Å². The maximum Gasteiger partial charge on any atom is 0.410 e. The van der Waals surface area contributed by atoms with Crippen LogP contribution in [0.1, 0.15) is 63.4 Å². The standard InChI is InChI=1S/C27H42N2O3/c1-3-5-19-28-20-11-6-7-12-22-31-26-17-15-25(16-18-26)29(21-4-2)27(30)32-23-24-13-9-8-10-14-24/h3-4,8-10,13-14,25-26,28H,1-2,5-7,11-12,15-23H2. The van der Waals surface area contributed by atoms with Gasteiger partial charge in [0.25, 0.3) is 0 Å². The summed E-state index contributed by atoms with van der Waals surface area (Å²) in [7, 11) is 0. The summed E-state index contributed by atoms with van der Waals surface area (Å²) in [5.41, 5.74) is 1.00. The lowest BCUT2D eigenvalue weighted by Gasteiger charge is -2.35. The van der Waals surface area contributed by atoms with E-state index in [1.54, 1.807) is 6.08 Å². The Balaban J connectivity index is 1.58. The van der Waals surface area contributed by atoms with Gasteiger partial charge in [0.15, 0.2) is 0 Å². The molecule has 1 aromatic carbocycles. The maximum absolute atomic E-state index is 12.7. The largest absolute Gasteiger partial charge is 0.445 e. The van der Waals surface area contributed by atoms with Crippen LogP contribution in [0.3, 0.4) is 0 Å². The van der Waals surface area contributed by atoms with Crippen LogP contribution in [-0.2, 0) is 16.1 Å². The second kappa shape index (κ2) is 16.5. The highest BCUT2D eigenvalue weighted by atomic mass is 16.6. The number of carbonyl (C=O) groups is 1. The molecule has 2 rings (SSSR count). The molecule has 32 heavy (non-hydrogen) atoms. The van der Waals surface area contributed by atoms with E-state index >= 15 is 0 Å². The third kappa shape index (κ3) is 10.5. The van der Waals surface area contributed by atoms with E-state index < -0.39 is 0 Å². The lowest BCUT2D eigenvalue weighted by Crippen LogP contribution is -2.43. The van der Waals surface area contributed by atoms with E-state index in [2.05, 4.69) is 18.5 Å². The van der Waals surface area contributed by atoms with Crippen LogP contribution < -0.4 is 5.32 Å². The summed E-state index contributed by atoms with van der Waals surface area (Å²) >= 11 is 0. The zero-order valence-corrected chi connectivity index (χ0v) is 19.7. The van der Waals surface area contributed by atoms with E-state index in [0.29, 0.717) is 19.3 Å². The number of benzene rings is 1. The van der Waals surface area contributed by atoms with Crippen molar-refractivity contribution in [3.05, 3.63) is 61.2 Å². The fourth-order valence-electron chi connectivity index (χ4n) is 4.12. The summed E-state index contributed by atoms with van der Waals surface area (Å²) < 4.78 is 11.7. The molecule has 1 aromatic rings. The number of hydrogen-bond acceptors (Lipinski definition) is 4. The van der Waals surface area contributed by atoms with Crippen LogP contribution in [0.15, 0.2) is 55.6 Å². The number of ether oxygens (including phenoxy) is 2. The number of carbonyl (C=O) groups excluding carboxylic acids is 1. The lowest BCUT2D eigenvalue weighted by atomic mass is 9.92. The van der Waals surface area contributed by atoms with Gasteiger partial charge < -0.3 is 19.7 Å². The third-order valence-electron chi connectivity index (χ3n) is 5.98. The number of nitrogens with one attached hydrogen (secondary N) is 1. The second-order valence-electron chi connectivity index (χ2n) is 8.52. The number of nitrogens with zero attached hydrogens (tertiary/aromatic N) is 1. The van der Waals surface area contributed by atoms with E-state index in [9.17, 15) is 4.79 Å². The van der Waals surface area contributed by atoms with Crippen molar-refractivity contribution in [1.29, 1.82) is 0 Å². The molecule has 1 amide bonds. The first-order chi connectivity index (χ1) is 15.7. The van der Waals surface area contributed by atoms with Gasteiger partial charge in [-0.15, -0.1) is 13.2 Å². The first-order valence-corrected chi connectivity index (χ1v) is 12.3. The fourth-order valence-corrected chi connectivity index (χ4v) is 4.12. The van der Waals surface area contributed by atoms with Gasteiger partial charge >= 0.3 is 6.09 Å². The Bertz CT molecular complexity index is 642. The van der Waals surface area contributed by atoms with Crippen LogP contribution in [-0.4, -0.2) is 49.4 Å². The summed E-state index contributed by atoms with van der Waals surface area (Å²) in [6.45, 7) is 11.3. The molecule has 0 bridgehead atoms. The molecule has 5 heteroatoms. The van der Waals surface area contributed by atoms with Gasteiger partial charge in [-0.3, -0.25) is 0 Å². The molecule has 5 nitrogen and oxygen atoms in total. The number of rotatable bonds is 16. The predicted molar refractivity (Wildman–Crippen MR) is 132 cm³/mol. The Hall–Kier alpha value is -2.11. The minimum absolute atomic E-state index is 0.199. The molecule has 1 N–H and O–H groups in total. The molecule has 0 unspecified atom stereocenters.